The Morgan fingerprint density at radius 1 is 1.14 bits per heavy atom. The van der Waals surface area contributed by atoms with E-state index in [4.69, 9.17) is 17.3 Å². The van der Waals surface area contributed by atoms with Gasteiger partial charge in [-0.1, -0.05) is 48.0 Å². The lowest BCUT2D eigenvalue weighted by molar-refractivity contribution is 0.726. The Morgan fingerprint density at radius 3 is 2.76 bits per heavy atom. The molecule has 0 fully saturated rings. The minimum absolute atomic E-state index is 0.121. The van der Waals surface area contributed by atoms with Crippen molar-refractivity contribution in [3.05, 3.63) is 76.4 Å². The molecule has 2 nitrogen and oxygen atoms in total. The second-order valence-electron chi connectivity index (χ2n) is 5.33. The molecular weight excluding hydrogens is 280 g/mol. The summed E-state index contributed by atoms with van der Waals surface area (Å²) in [7, 11) is 0. The monoisotopic (exact) mass is 296 g/mol. The molecule has 0 aliphatic rings. The molecule has 2 N–H and O–H groups in total. The summed E-state index contributed by atoms with van der Waals surface area (Å²) in [6.07, 6.45) is 2.51. The fourth-order valence-corrected chi connectivity index (χ4v) is 2.90. The molecule has 1 unspecified atom stereocenters. The van der Waals surface area contributed by atoms with Crippen molar-refractivity contribution in [2.45, 2.75) is 19.4 Å². The second-order valence-corrected chi connectivity index (χ2v) is 5.74. The Kier molecular flexibility index (Phi) is 3.91. The molecule has 3 rings (SSSR count). The van der Waals surface area contributed by atoms with Crippen molar-refractivity contribution in [2.24, 2.45) is 5.73 Å². The highest BCUT2D eigenvalue weighted by Gasteiger charge is 2.13. The second kappa shape index (κ2) is 5.84. The van der Waals surface area contributed by atoms with E-state index in [-0.39, 0.29) is 6.04 Å². The van der Waals surface area contributed by atoms with Crippen molar-refractivity contribution in [1.29, 1.82) is 0 Å². The standard InChI is InChI=1S/C18H17ClN2/c1-12-7-8-14(16(19)10-12)11-17(20)15-6-2-4-13-5-3-9-21-18(13)15/h2-10,17H,11,20H2,1H3. The number of fused-ring (bicyclic) bond motifs is 1. The van der Waals surface area contributed by atoms with Crippen LogP contribution in [0.4, 0.5) is 0 Å². The molecule has 1 heterocycles. The summed E-state index contributed by atoms with van der Waals surface area (Å²) in [6, 6.07) is 16.1. The highest BCUT2D eigenvalue weighted by Crippen LogP contribution is 2.26. The zero-order valence-corrected chi connectivity index (χ0v) is 12.6. The van der Waals surface area contributed by atoms with Crippen LogP contribution in [-0.4, -0.2) is 4.98 Å². The van der Waals surface area contributed by atoms with Crippen LogP contribution in [-0.2, 0) is 6.42 Å². The van der Waals surface area contributed by atoms with Gasteiger partial charge in [0.25, 0.3) is 0 Å². The minimum Gasteiger partial charge on any atom is -0.324 e. The number of benzene rings is 2. The summed E-state index contributed by atoms with van der Waals surface area (Å²) in [5.41, 5.74) is 10.7. The van der Waals surface area contributed by atoms with Gasteiger partial charge in [-0.2, -0.15) is 0 Å². The van der Waals surface area contributed by atoms with Crippen molar-refractivity contribution in [3.63, 3.8) is 0 Å². The fraction of sp³-hybridized carbons (Fsp3) is 0.167. The van der Waals surface area contributed by atoms with E-state index >= 15 is 0 Å². The van der Waals surface area contributed by atoms with Gasteiger partial charge in [0.1, 0.15) is 0 Å². The molecule has 3 heteroatoms. The van der Waals surface area contributed by atoms with Gasteiger partial charge in [-0.15, -0.1) is 0 Å². The zero-order valence-electron chi connectivity index (χ0n) is 11.9. The molecule has 0 saturated heterocycles. The van der Waals surface area contributed by atoms with Gasteiger partial charge in [0.05, 0.1) is 5.52 Å². The molecule has 0 bridgehead atoms. The number of aryl methyl sites for hydroxylation is 1. The van der Waals surface area contributed by atoms with E-state index in [0.29, 0.717) is 6.42 Å². The van der Waals surface area contributed by atoms with Gasteiger partial charge in [0.15, 0.2) is 0 Å². The first-order valence-electron chi connectivity index (χ1n) is 6.99. The normalized spacial score (nSPS) is 12.5. The van der Waals surface area contributed by atoms with Crippen LogP contribution in [0.5, 0.6) is 0 Å². The van der Waals surface area contributed by atoms with E-state index in [2.05, 4.69) is 29.2 Å². The molecule has 0 aliphatic carbocycles. The SMILES string of the molecule is Cc1ccc(CC(N)c2cccc3cccnc23)c(Cl)c1. The molecule has 1 atom stereocenters. The molecule has 3 aromatic rings. The van der Waals surface area contributed by atoms with Gasteiger partial charge in [-0.05, 0) is 42.2 Å². The van der Waals surface area contributed by atoms with E-state index in [0.717, 1.165) is 32.6 Å². The van der Waals surface area contributed by atoms with Crippen LogP contribution in [0.15, 0.2) is 54.7 Å². The Labute approximate surface area is 129 Å². The van der Waals surface area contributed by atoms with Crippen LogP contribution in [0.25, 0.3) is 10.9 Å². The van der Waals surface area contributed by atoms with Crippen LogP contribution >= 0.6 is 11.6 Å². The third-order valence-electron chi connectivity index (χ3n) is 3.71. The predicted octanol–water partition coefficient (Wildman–Crippen LogP) is 4.44. The first kappa shape index (κ1) is 14.1. The molecule has 0 radical (unpaired) electrons. The number of nitrogens with zero attached hydrogens (tertiary/aromatic N) is 1. The maximum Gasteiger partial charge on any atom is 0.0749 e. The van der Waals surface area contributed by atoms with E-state index in [1.54, 1.807) is 6.20 Å². The number of hydrogen-bond donors (Lipinski definition) is 1. The van der Waals surface area contributed by atoms with Crippen LogP contribution in [0.2, 0.25) is 5.02 Å². The van der Waals surface area contributed by atoms with Crippen molar-refractivity contribution < 1.29 is 0 Å². The smallest absolute Gasteiger partial charge is 0.0749 e. The lowest BCUT2D eigenvalue weighted by atomic mass is 9.97. The third kappa shape index (κ3) is 2.92. The zero-order chi connectivity index (χ0) is 14.8. The summed E-state index contributed by atoms with van der Waals surface area (Å²) in [6.45, 7) is 2.03. The number of rotatable bonds is 3. The van der Waals surface area contributed by atoms with E-state index in [1.165, 1.54) is 0 Å². The Hall–Kier alpha value is -1.90. The molecule has 106 valence electrons. The average Bonchev–Trinajstić information content (AvgIpc) is 2.49. The molecule has 0 amide bonds. The van der Waals surface area contributed by atoms with Crippen molar-refractivity contribution in [2.75, 3.05) is 0 Å². The first-order valence-corrected chi connectivity index (χ1v) is 7.37. The fourth-order valence-electron chi connectivity index (χ4n) is 2.59. The number of para-hydroxylation sites is 1. The highest BCUT2D eigenvalue weighted by atomic mass is 35.5. The lowest BCUT2D eigenvalue weighted by Crippen LogP contribution is -2.14. The van der Waals surface area contributed by atoms with Crippen LogP contribution in [0.1, 0.15) is 22.7 Å². The summed E-state index contributed by atoms with van der Waals surface area (Å²) < 4.78 is 0. The van der Waals surface area contributed by atoms with Gasteiger partial charge in [0.2, 0.25) is 0 Å². The number of hydrogen-bond acceptors (Lipinski definition) is 2. The minimum atomic E-state index is -0.121. The van der Waals surface area contributed by atoms with Gasteiger partial charge >= 0.3 is 0 Å². The number of pyridine rings is 1. The Bertz CT molecular complexity index is 778. The van der Waals surface area contributed by atoms with E-state index in [1.807, 2.05) is 31.2 Å². The van der Waals surface area contributed by atoms with Gasteiger partial charge < -0.3 is 5.73 Å². The maximum atomic E-state index is 6.40. The van der Waals surface area contributed by atoms with Crippen LogP contribution in [0, 0.1) is 6.92 Å². The van der Waals surface area contributed by atoms with Crippen LogP contribution < -0.4 is 5.73 Å². The Morgan fingerprint density at radius 2 is 1.95 bits per heavy atom. The van der Waals surface area contributed by atoms with Crippen molar-refractivity contribution in [1.82, 2.24) is 4.98 Å². The Balaban J connectivity index is 1.95. The summed E-state index contributed by atoms with van der Waals surface area (Å²) >= 11 is 6.31. The van der Waals surface area contributed by atoms with Crippen molar-refractivity contribution in [3.8, 4) is 0 Å². The van der Waals surface area contributed by atoms with Gasteiger partial charge in [-0.25, -0.2) is 0 Å². The lowest BCUT2D eigenvalue weighted by Gasteiger charge is -2.15. The number of nitrogens with two attached hydrogens (primary N) is 1. The van der Waals surface area contributed by atoms with E-state index < -0.39 is 0 Å². The van der Waals surface area contributed by atoms with Crippen LogP contribution in [0.3, 0.4) is 0 Å². The molecule has 0 spiro atoms. The van der Waals surface area contributed by atoms with E-state index in [9.17, 15) is 0 Å². The molecule has 1 aromatic heterocycles. The van der Waals surface area contributed by atoms with Gasteiger partial charge in [-0.3, -0.25) is 4.98 Å². The molecule has 2 aromatic carbocycles. The summed E-state index contributed by atoms with van der Waals surface area (Å²) in [5, 5.41) is 1.89. The predicted molar refractivity (Wildman–Crippen MR) is 88.6 cm³/mol. The summed E-state index contributed by atoms with van der Waals surface area (Å²) in [5.74, 6) is 0. The number of aromatic nitrogens is 1. The number of halogens is 1. The third-order valence-corrected chi connectivity index (χ3v) is 4.06. The first-order chi connectivity index (χ1) is 10.1. The van der Waals surface area contributed by atoms with Gasteiger partial charge in [0, 0.05) is 22.6 Å². The maximum absolute atomic E-state index is 6.40. The average molecular weight is 297 g/mol. The topological polar surface area (TPSA) is 38.9 Å². The molecular formula is C18H17ClN2. The largest absolute Gasteiger partial charge is 0.324 e. The molecule has 21 heavy (non-hydrogen) atoms. The highest BCUT2D eigenvalue weighted by molar-refractivity contribution is 6.31. The van der Waals surface area contributed by atoms with Crippen molar-refractivity contribution >= 4 is 22.5 Å². The molecule has 0 saturated carbocycles. The quantitative estimate of drug-likeness (QED) is 0.776. The summed E-state index contributed by atoms with van der Waals surface area (Å²) in [4.78, 5) is 4.47. The molecule has 0 aliphatic heterocycles.